The Bertz CT molecular complexity index is 1350. The maximum Gasteiger partial charge on any atom is 0.240 e. The minimum Gasteiger partial charge on any atom is -0.308 e. The second-order valence-corrected chi connectivity index (χ2v) is 11.4. The van der Waals surface area contributed by atoms with Gasteiger partial charge in [-0.3, -0.25) is 9.69 Å². The van der Waals surface area contributed by atoms with Gasteiger partial charge in [0.2, 0.25) is 5.91 Å². The van der Waals surface area contributed by atoms with E-state index in [1.54, 1.807) is 17.0 Å². The quantitative estimate of drug-likeness (QED) is 0.363. The second kappa shape index (κ2) is 10.0. The Morgan fingerprint density at radius 1 is 0.882 bits per heavy atom. The predicted molar refractivity (Wildman–Crippen MR) is 138 cm³/mol. The Balaban J connectivity index is 1.84. The molecule has 34 heavy (non-hydrogen) atoms. The Labute approximate surface area is 204 Å². The number of para-hydroxylation sites is 1. The lowest BCUT2D eigenvalue weighted by molar-refractivity contribution is -0.119. The lowest BCUT2D eigenvalue weighted by atomic mass is 9.90. The zero-order valence-electron chi connectivity index (χ0n) is 19.4. The van der Waals surface area contributed by atoms with E-state index in [9.17, 15) is 13.2 Å². The molecule has 176 valence electrons. The molecule has 0 saturated carbocycles. The van der Waals surface area contributed by atoms with Crippen LogP contribution in [0.2, 0.25) is 0 Å². The van der Waals surface area contributed by atoms with Gasteiger partial charge >= 0.3 is 0 Å². The van der Waals surface area contributed by atoms with E-state index in [-0.39, 0.29) is 10.8 Å². The van der Waals surface area contributed by atoms with Gasteiger partial charge in [-0.1, -0.05) is 78.1 Å². The van der Waals surface area contributed by atoms with Gasteiger partial charge in [-0.15, -0.1) is 0 Å². The topological polar surface area (TPSA) is 70.6 Å². The molecule has 0 fully saturated rings. The Morgan fingerprint density at radius 2 is 1.47 bits per heavy atom. The maximum absolute atomic E-state index is 14.2. The molecule has 0 radical (unpaired) electrons. The van der Waals surface area contributed by atoms with Crippen molar-refractivity contribution in [3.63, 3.8) is 0 Å². The fourth-order valence-corrected chi connectivity index (χ4v) is 5.77. The number of hydrogen-bond donors (Lipinski definition) is 0. The third kappa shape index (κ3) is 5.19. The predicted octanol–water partition coefficient (Wildman–Crippen LogP) is 4.43. The molecule has 0 spiro atoms. The molecule has 0 aliphatic carbocycles. The standard InChI is InChI=1S/C26H27N3O3S2/c1-28(2)17-18-29(26-27-24-21(33-26)15-10-16-22(24)34(3,31)32)25(30)23(19-11-6-4-7-12-19)20-13-8-5-9-14-20/h4-16,23H,17-18H2,1-3H3. The van der Waals surface area contributed by atoms with Gasteiger partial charge in [-0.05, 0) is 37.4 Å². The zero-order valence-corrected chi connectivity index (χ0v) is 21.0. The lowest BCUT2D eigenvalue weighted by Crippen LogP contribution is -2.40. The highest BCUT2D eigenvalue weighted by Gasteiger charge is 2.30. The van der Waals surface area contributed by atoms with Crippen LogP contribution in [-0.2, 0) is 14.6 Å². The van der Waals surface area contributed by atoms with Crippen LogP contribution in [0.4, 0.5) is 5.13 Å². The molecule has 0 unspecified atom stereocenters. The molecular formula is C26H27N3O3S2. The molecule has 1 amide bonds. The van der Waals surface area contributed by atoms with Crippen LogP contribution < -0.4 is 4.90 Å². The number of benzene rings is 3. The van der Waals surface area contributed by atoms with Crippen LogP contribution >= 0.6 is 11.3 Å². The van der Waals surface area contributed by atoms with Gasteiger partial charge in [0.05, 0.1) is 15.5 Å². The molecule has 6 nitrogen and oxygen atoms in total. The summed E-state index contributed by atoms with van der Waals surface area (Å²) >= 11 is 1.33. The third-order valence-corrected chi connectivity index (χ3v) is 7.72. The molecule has 4 rings (SSSR count). The maximum atomic E-state index is 14.2. The number of sulfone groups is 1. The molecule has 0 bridgehead atoms. The van der Waals surface area contributed by atoms with E-state index < -0.39 is 15.8 Å². The highest BCUT2D eigenvalue weighted by molar-refractivity contribution is 7.91. The largest absolute Gasteiger partial charge is 0.308 e. The van der Waals surface area contributed by atoms with Crippen LogP contribution in [0.5, 0.6) is 0 Å². The van der Waals surface area contributed by atoms with Crippen molar-refractivity contribution < 1.29 is 13.2 Å². The number of thiazole rings is 1. The molecule has 0 atom stereocenters. The van der Waals surface area contributed by atoms with Gasteiger partial charge < -0.3 is 4.90 Å². The average Bonchev–Trinajstić information content (AvgIpc) is 3.24. The van der Waals surface area contributed by atoms with Gasteiger partial charge in [-0.25, -0.2) is 13.4 Å². The van der Waals surface area contributed by atoms with E-state index in [2.05, 4.69) is 4.98 Å². The number of fused-ring (bicyclic) bond motifs is 1. The van der Waals surface area contributed by atoms with E-state index in [4.69, 9.17) is 0 Å². The van der Waals surface area contributed by atoms with E-state index >= 15 is 0 Å². The number of carbonyl (C=O) groups is 1. The minimum absolute atomic E-state index is 0.0980. The molecule has 1 heterocycles. The molecular weight excluding hydrogens is 466 g/mol. The smallest absolute Gasteiger partial charge is 0.240 e. The van der Waals surface area contributed by atoms with Gasteiger partial charge in [0.1, 0.15) is 5.52 Å². The Kier molecular flexibility index (Phi) is 7.11. The summed E-state index contributed by atoms with van der Waals surface area (Å²) in [7, 11) is 0.448. The number of carbonyl (C=O) groups excluding carboxylic acids is 1. The molecule has 0 N–H and O–H groups in total. The van der Waals surface area contributed by atoms with Crippen molar-refractivity contribution in [1.82, 2.24) is 9.88 Å². The number of likely N-dealkylation sites (N-methyl/N-ethyl adjacent to an activating group) is 1. The van der Waals surface area contributed by atoms with Gasteiger partial charge in [0, 0.05) is 19.3 Å². The van der Waals surface area contributed by atoms with Crippen molar-refractivity contribution in [3.05, 3.63) is 90.0 Å². The normalized spacial score (nSPS) is 11.9. The summed E-state index contributed by atoms with van der Waals surface area (Å²) in [5.41, 5.74) is 2.20. The van der Waals surface area contributed by atoms with Crippen LogP contribution in [0, 0.1) is 0 Å². The summed E-state index contributed by atoms with van der Waals surface area (Å²) in [4.78, 5) is 22.7. The van der Waals surface area contributed by atoms with Crippen molar-refractivity contribution in [2.75, 3.05) is 38.3 Å². The first-order valence-electron chi connectivity index (χ1n) is 10.9. The SMILES string of the molecule is CN(C)CCN(C(=O)C(c1ccccc1)c1ccccc1)c1nc2c(S(C)(=O)=O)cccc2s1. The number of hydrogen-bond acceptors (Lipinski definition) is 6. The first-order valence-corrected chi connectivity index (χ1v) is 13.6. The highest BCUT2D eigenvalue weighted by Crippen LogP contribution is 2.35. The summed E-state index contributed by atoms with van der Waals surface area (Å²) in [6, 6.07) is 24.5. The molecule has 8 heteroatoms. The van der Waals surface area contributed by atoms with Crippen molar-refractivity contribution in [2.24, 2.45) is 0 Å². The zero-order chi connectivity index (χ0) is 24.3. The third-order valence-electron chi connectivity index (χ3n) is 5.55. The molecule has 4 aromatic rings. The van der Waals surface area contributed by atoms with E-state index in [1.165, 1.54) is 17.6 Å². The molecule has 0 aliphatic rings. The second-order valence-electron chi connectivity index (χ2n) is 8.42. The summed E-state index contributed by atoms with van der Waals surface area (Å²) < 4.78 is 25.4. The fraction of sp³-hybridized carbons (Fsp3) is 0.231. The van der Waals surface area contributed by atoms with Crippen LogP contribution in [0.25, 0.3) is 10.2 Å². The number of nitrogens with zero attached hydrogens (tertiary/aromatic N) is 3. The molecule has 0 aliphatic heterocycles. The number of rotatable bonds is 8. The first-order chi connectivity index (χ1) is 16.3. The summed E-state index contributed by atoms with van der Waals surface area (Å²) in [5.74, 6) is -0.606. The molecule has 0 saturated heterocycles. The Hall–Kier alpha value is -3.07. The summed E-state index contributed by atoms with van der Waals surface area (Å²) in [6.07, 6.45) is 1.18. The van der Waals surface area contributed by atoms with Gasteiger partial charge in [0.25, 0.3) is 0 Å². The van der Waals surface area contributed by atoms with Crippen molar-refractivity contribution in [3.8, 4) is 0 Å². The summed E-state index contributed by atoms with van der Waals surface area (Å²) in [6.45, 7) is 1.06. The number of amides is 1. The number of anilines is 1. The molecule has 1 aromatic heterocycles. The highest BCUT2D eigenvalue weighted by atomic mass is 32.2. The average molecular weight is 494 g/mol. The summed E-state index contributed by atoms with van der Waals surface area (Å²) in [5, 5.41) is 0.495. The van der Waals surface area contributed by atoms with E-state index in [0.717, 1.165) is 15.8 Å². The van der Waals surface area contributed by atoms with Crippen molar-refractivity contribution >= 4 is 42.4 Å². The van der Waals surface area contributed by atoms with E-state index in [1.807, 2.05) is 85.7 Å². The van der Waals surface area contributed by atoms with Crippen molar-refractivity contribution in [2.45, 2.75) is 10.8 Å². The number of aromatic nitrogens is 1. The monoisotopic (exact) mass is 493 g/mol. The van der Waals surface area contributed by atoms with E-state index in [0.29, 0.717) is 23.7 Å². The molecule has 3 aromatic carbocycles. The van der Waals surface area contributed by atoms with Crippen molar-refractivity contribution in [1.29, 1.82) is 0 Å². The fourth-order valence-electron chi connectivity index (χ4n) is 3.85. The van der Waals surface area contributed by atoms with Crippen LogP contribution in [0.15, 0.2) is 83.8 Å². The Morgan fingerprint density at radius 3 is 2.00 bits per heavy atom. The van der Waals surface area contributed by atoms with Crippen LogP contribution in [-0.4, -0.2) is 57.6 Å². The van der Waals surface area contributed by atoms with Gasteiger partial charge in [-0.2, -0.15) is 0 Å². The van der Waals surface area contributed by atoms with Crippen LogP contribution in [0.3, 0.4) is 0 Å². The first kappa shape index (κ1) is 24.1. The van der Waals surface area contributed by atoms with Gasteiger partial charge in [0.15, 0.2) is 15.0 Å². The minimum atomic E-state index is -3.46. The van der Waals surface area contributed by atoms with Crippen LogP contribution in [0.1, 0.15) is 17.0 Å². The lowest BCUT2D eigenvalue weighted by Gasteiger charge is -2.27.